The van der Waals surface area contributed by atoms with Crippen LogP contribution >= 0.6 is 0 Å². The van der Waals surface area contributed by atoms with E-state index in [1.165, 1.54) is 25.9 Å². The third kappa shape index (κ3) is 2.54. The number of nitrogens with zero attached hydrogens (tertiary/aromatic N) is 1. The molecule has 0 radical (unpaired) electrons. The van der Waals surface area contributed by atoms with E-state index in [9.17, 15) is 0 Å². The van der Waals surface area contributed by atoms with E-state index in [-0.39, 0.29) is 0 Å². The van der Waals surface area contributed by atoms with Gasteiger partial charge in [0.25, 0.3) is 0 Å². The van der Waals surface area contributed by atoms with Gasteiger partial charge in [-0.05, 0) is 24.8 Å². The number of hydrogen-bond donors (Lipinski definition) is 0. The van der Waals surface area contributed by atoms with Gasteiger partial charge in [0.05, 0.1) is 12.7 Å². The van der Waals surface area contributed by atoms with Crippen LogP contribution in [0.3, 0.4) is 0 Å². The maximum Gasteiger partial charge on any atom is 0.0770 e. The molecule has 1 aliphatic carbocycles. The molecule has 1 atom stereocenters. The van der Waals surface area contributed by atoms with Crippen LogP contribution in [0.25, 0.3) is 0 Å². The van der Waals surface area contributed by atoms with E-state index in [2.05, 4.69) is 32.6 Å². The van der Waals surface area contributed by atoms with Crippen LogP contribution in [0.15, 0.2) is 0 Å². The normalized spacial score (nSPS) is 30.0. The minimum atomic E-state index is 0.301. The van der Waals surface area contributed by atoms with Gasteiger partial charge in [0.15, 0.2) is 0 Å². The van der Waals surface area contributed by atoms with E-state index in [4.69, 9.17) is 4.74 Å². The summed E-state index contributed by atoms with van der Waals surface area (Å²) >= 11 is 0. The van der Waals surface area contributed by atoms with Gasteiger partial charge in [-0.2, -0.15) is 0 Å². The highest BCUT2D eigenvalue weighted by Gasteiger charge is 2.55. The summed E-state index contributed by atoms with van der Waals surface area (Å²) in [6, 6.07) is 0. The number of hydrogen-bond acceptors (Lipinski definition) is 2. The molecule has 1 heterocycles. The minimum Gasteiger partial charge on any atom is -0.376 e. The van der Waals surface area contributed by atoms with Crippen molar-refractivity contribution in [3.63, 3.8) is 0 Å². The zero-order valence-electron chi connectivity index (χ0n) is 10.7. The maximum atomic E-state index is 6.14. The molecule has 1 unspecified atom stereocenters. The maximum absolute atomic E-state index is 6.14. The Morgan fingerprint density at radius 3 is 2.47 bits per heavy atom. The Balaban J connectivity index is 1.87. The summed E-state index contributed by atoms with van der Waals surface area (Å²) in [6.45, 7) is 13.5. The smallest absolute Gasteiger partial charge is 0.0770 e. The molecule has 0 amide bonds. The lowest BCUT2D eigenvalue weighted by Crippen LogP contribution is -2.29. The molecular weight excluding hydrogens is 186 g/mol. The first-order valence-corrected chi connectivity index (χ1v) is 6.29. The van der Waals surface area contributed by atoms with E-state index in [1.807, 2.05) is 0 Å². The molecule has 88 valence electrons. The summed E-state index contributed by atoms with van der Waals surface area (Å²) < 4.78 is 6.14. The SMILES string of the molecule is CCN1CC(OCC(C)(C)C)C2(CC2)C1. The van der Waals surface area contributed by atoms with Crippen LogP contribution in [0.5, 0.6) is 0 Å². The molecule has 1 saturated heterocycles. The van der Waals surface area contributed by atoms with Gasteiger partial charge >= 0.3 is 0 Å². The summed E-state index contributed by atoms with van der Waals surface area (Å²) in [5, 5.41) is 0. The second-order valence-electron chi connectivity index (χ2n) is 6.55. The lowest BCUT2D eigenvalue weighted by Gasteiger charge is -2.24. The Hall–Kier alpha value is -0.0800. The molecule has 1 aliphatic heterocycles. The van der Waals surface area contributed by atoms with Crippen LogP contribution in [0.4, 0.5) is 0 Å². The van der Waals surface area contributed by atoms with Gasteiger partial charge in [0.1, 0.15) is 0 Å². The first-order chi connectivity index (χ1) is 6.95. The van der Waals surface area contributed by atoms with Crippen molar-refractivity contribution in [3.05, 3.63) is 0 Å². The van der Waals surface area contributed by atoms with Crippen molar-refractivity contribution in [2.75, 3.05) is 26.2 Å². The fourth-order valence-corrected chi connectivity index (χ4v) is 2.50. The molecule has 0 N–H and O–H groups in total. The Kier molecular flexibility index (Phi) is 2.85. The van der Waals surface area contributed by atoms with Crippen molar-refractivity contribution in [2.45, 2.75) is 46.6 Å². The molecule has 0 aromatic carbocycles. The largest absolute Gasteiger partial charge is 0.376 e. The molecule has 2 nitrogen and oxygen atoms in total. The average molecular weight is 211 g/mol. The molecule has 0 aromatic rings. The average Bonchev–Trinajstić information content (AvgIpc) is 2.78. The summed E-state index contributed by atoms with van der Waals surface area (Å²) in [4.78, 5) is 2.54. The van der Waals surface area contributed by atoms with Crippen molar-refractivity contribution in [2.24, 2.45) is 10.8 Å². The minimum absolute atomic E-state index is 0.301. The van der Waals surface area contributed by atoms with Gasteiger partial charge in [0, 0.05) is 18.5 Å². The molecule has 1 spiro atoms. The van der Waals surface area contributed by atoms with Gasteiger partial charge in [-0.3, -0.25) is 0 Å². The van der Waals surface area contributed by atoms with Crippen LogP contribution in [-0.4, -0.2) is 37.2 Å². The van der Waals surface area contributed by atoms with Crippen molar-refractivity contribution in [1.82, 2.24) is 4.90 Å². The first-order valence-electron chi connectivity index (χ1n) is 6.29. The zero-order valence-corrected chi connectivity index (χ0v) is 10.7. The predicted molar refractivity (Wildman–Crippen MR) is 63.0 cm³/mol. The Morgan fingerprint density at radius 2 is 2.00 bits per heavy atom. The molecule has 2 rings (SSSR count). The summed E-state index contributed by atoms with van der Waals surface area (Å²) in [5.41, 5.74) is 0.858. The van der Waals surface area contributed by atoms with Crippen LogP contribution in [0.2, 0.25) is 0 Å². The number of likely N-dealkylation sites (tertiary alicyclic amines) is 1. The molecule has 0 aromatic heterocycles. The number of ether oxygens (including phenoxy) is 1. The van der Waals surface area contributed by atoms with Gasteiger partial charge in [-0.15, -0.1) is 0 Å². The van der Waals surface area contributed by atoms with Crippen LogP contribution in [-0.2, 0) is 4.74 Å². The van der Waals surface area contributed by atoms with E-state index in [0.29, 0.717) is 16.9 Å². The second-order valence-corrected chi connectivity index (χ2v) is 6.55. The molecule has 15 heavy (non-hydrogen) atoms. The summed E-state index contributed by atoms with van der Waals surface area (Å²) in [6.07, 6.45) is 3.29. The molecule has 2 heteroatoms. The van der Waals surface area contributed by atoms with Crippen molar-refractivity contribution in [1.29, 1.82) is 0 Å². The fraction of sp³-hybridized carbons (Fsp3) is 1.00. The predicted octanol–water partition coefficient (Wildman–Crippen LogP) is 2.53. The Labute approximate surface area is 94.0 Å². The number of likely N-dealkylation sites (N-methyl/N-ethyl adjacent to an activating group) is 1. The van der Waals surface area contributed by atoms with Gasteiger partial charge in [-0.25, -0.2) is 0 Å². The van der Waals surface area contributed by atoms with E-state index >= 15 is 0 Å². The Bertz CT molecular complexity index is 227. The third-order valence-corrected chi connectivity index (χ3v) is 3.70. The van der Waals surface area contributed by atoms with Crippen LogP contribution in [0, 0.1) is 10.8 Å². The zero-order chi connectivity index (χ0) is 11.1. The van der Waals surface area contributed by atoms with Gasteiger partial charge in [0.2, 0.25) is 0 Å². The van der Waals surface area contributed by atoms with Crippen LogP contribution < -0.4 is 0 Å². The lowest BCUT2D eigenvalue weighted by molar-refractivity contribution is -0.0116. The topological polar surface area (TPSA) is 12.5 Å². The molecular formula is C13H25NO. The molecule has 2 fully saturated rings. The van der Waals surface area contributed by atoms with Crippen molar-refractivity contribution >= 4 is 0 Å². The monoisotopic (exact) mass is 211 g/mol. The van der Waals surface area contributed by atoms with Crippen molar-refractivity contribution < 1.29 is 4.74 Å². The van der Waals surface area contributed by atoms with Gasteiger partial charge in [-0.1, -0.05) is 27.7 Å². The van der Waals surface area contributed by atoms with E-state index in [0.717, 1.165) is 13.2 Å². The highest BCUT2D eigenvalue weighted by Crippen LogP contribution is 2.54. The van der Waals surface area contributed by atoms with E-state index < -0.39 is 0 Å². The standard InChI is InChI=1S/C13H25NO/c1-5-14-8-11(13(9-14)6-7-13)15-10-12(2,3)4/h11H,5-10H2,1-4H3. The summed E-state index contributed by atoms with van der Waals surface area (Å²) in [5.74, 6) is 0. The molecule has 0 bridgehead atoms. The third-order valence-electron chi connectivity index (χ3n) is 3.70. The molecule has 2 aliphatic rings. The first kappa shape index (κ1) is 11.4. The molecule has 1 saturated carbocycles. The van der Waals surface area contributed by atoms with Crippen LogP contribution in [0.1, 0.15) is 40.5 Å². The quantitative estimate of drug-likeness (QED) is 0.711. The lowest BCUT2D eigenvalue weighted by atomic mass is 9.97. The van der Waals surface area contributed by atoms with Gasteiger partial charge < -0.3 is 9.64 Å². The number of rotatable bonds is 3. The van der Waals surface area contributed by atoms with E-state index in [1.54, 1.807) is 0 Å². The second kappa shape index (κ2) is 3.74. The highest BCUT2D eigenvalue weighted by molar-refractivity contribution is 5.07. The highest BCUT2D eigenvalue weighted by atomic mass is 16.5. The Morgan fingerprint density at radius 1 is 1.33 bits per heavy atom. The summed E-state index contributed by atoms with van der Waals surface area (Å²) in [7, 11) is 0. The fourth-order valence-electron chi connectivity index (χ4n) is 2.50. The van der Waals surface area contributed by atoms with Crippen molar-refractivity contribution in [3.8, 4) is 0 Å².